The van der Waals surface area contributed by atoms with Crippen LogP contribution in [0.5, 0.6) is 23.0 Å². The SMILES string of the molecule is CCOC(=O)C1=C(C)N=c2s/c(=C\c3cc(I)c(OCC(=O)O)c(OC)c3)c(=O)n2[C@H]1c1cc(OC)ccc1OC. The van der Waals surface area contributed by atoms with E-state index in [0.717, 1.165) is 11.3 Å². The molecular formula is C28H27IN2O9S. The van der Waals surface area contributed by atoms with Gasteiger partial charge in [0.25, 0.3) is 5.56 Å². The number of rotatable bonds is 10. The summed E-state index contributed by atoms with van der Waals surface area (Å²) in [7, 11) is 4.48. The Morgan fingerprint density at radius 3 is 2.49 bits per heavy atom. The second kappa shape index (κ2) is 12.8. The van der Waals surface area contributed by atoms with Gasteiger partial charge in [-0.05, 0) is 78.4 Å². The first-order chi connectivity index (χ1) is 19.6. The summed E-state index contributed by atoms with van der Waals surface area (Å²) in [5.74, 6) is -0.127. The van der Waals surface area contributed by atoms with Gasteiger partial charge in [0, 0.05) is 5.56 Å². The van der Waals surface area contributed by atoms with Gasteiger partial charge in [0.1, 0.15) is 17.5 Å². The minimum absolute atomic E-state index is 0.147. The van der Waals surface area contributed by atoms with Crippen LogP contribution in [0.2, 0.25) is 0 Å². The number of allylic oxidation sites excluding steroid dienone is 1. The lowest BCUT2D eigenvalue weighted by atomic mass is 9.94. The zero-order valence-corrected chi connectivity index (χ0v) is 25.8. The lowest BCUT2D eigenvalue weighted by Crippen LogP contribution is -2.40. The maximum absolute atomic E-state index is 14.0. The minimum Gasteiger partial charge on any atom is -0.497 e. The summed E-state index contributed by atoms with van der Waals surface area (Å²) in [6.45, 7) is 3.03. The maximum Gasteiger partial charge on any atom is 0.341 e. The van der Waals surface area contributed by atoms with Crippen molar-refractivity contribution in [3.05, 3.63) is 76.0 Å². The summed E-state index contributed by atoms with van der Waals surface area (Å²) in [5, 5.41) is 8.99. The second-order valence-electron chi connectivity index (χ2n) is 8.63. The fourth-order valence-electron chi connectivity index (χ4n) is 4.39. The average Bonchev–Trinajstić information content (AvgIpc) is 3.24. The number of methoxy groups -OCH3 is 3. The van der Waals surface area contributed by atoms with Gasteiger partial charge in [-0.15, -0.1) is 0 Å². The van der Waals surface area contributed by atoms with E-state index in [1.54, 1.807) is 50.3 Å². The molecule has 0 amide bonds. The van der Waals surface area contributed by atoms with E-state index in [0.29, 0.717) is 47.0 Å². The van der Waals surface area contributed by atoms with E-state index in [1.807, 2.05) is 22.6 Å². The highest BCUT2D eigenvalue weighted by atomic mass is 127. The van der Waals surface area contributed by atoms with Crippen LogP contribution >= 0.6 is 33.9 Å². The molecule has 0 unspecified atom stereocenters. The first kappa shape index (κ1) is 30.1. The number of esters is 1. The van der Waals surface area contributed by atoms with Crippen molar-refractivity contribution in [1.29, 1.82) is 0 Å². The Morgan fingerprint density at radius 2 is 1.85 bits per heavy atom. The van der Waals surface area contributed by atoms with Crippen molar-refractivity contribution in [3.63, 3.8) is 0 Å². The maximum atomic E-state index is 14.0. The van der Waals surface area contributed by atoms with Crippen LogP contribution in [0.4, 0.5) is 0 Å². The third-order valence-corrected chi connectivity index (χ3v) is 7.92. The fraction of sp³-hybridized carbons (Fsp3) is 0.286. The molecular weight excluding hydrogens is 667 g/mol. The number of aliphatic carboxylic acids is 1. The number of thiazole rings is 1. The summed E-state index contributed by atoms with van der Waals surface area (Å²) in [5.41, 5.74) is 1.41. The quantitative estimate of drug-likeness (QED) is 0.251. The number of nitrogens with zero attached hydrogens (tertiary/aromatic N) is 2. The topological polar surface area (TPSA) is 135 Å². The number of carbonyl (C=O) groups excluding carboxylic acids is 1. The molecule has 216 valence electrons. The number of halogens is 1. The van der Waals surface area contributed by atoms with Gasteiger partial charge in [-0.2, -0.15) is 0 Å². The molecule has 4 rings (SSSR count). The molecule has 1 aromatic heterocycles. The van der Waals surface area contributed by atoms with E-state index in [2.05, 4.69) is 4.99 Å². The Balaban J connectivity index is 1.94. The molecule has 2 aromatic carbocycles. The lowest BCUT2D eigenvalue weighted by Gasteiger charge is -2.26. The van der Waals surface area contributed by atoms with E-state index in [-0.39, 0.29) is 23.5 Å². The van der Waals surface area contributed by atoms with E-state index in [4.69, 9.17) is 28.8 Å². The molecule has 0 aliphatic carbocycles. The summed E-state index contributed by atoms with van der Waals surface area (Å²) in [6.07, 6.45) is 1.68. The first-order valence-corrected chi connectivity index (χ1v) is 14.2. The van der Waals surface area contributed by atoms with E-state index < -0.39 is 24.6 Å². The van der Waals surface area contributed by atoms with Crippen molar-refractivity contribution >= 4 is 51.9 Å². The molecule has 0 spiro atoms. The van der Waals surface area contributed by atoms with Gasteiger partial charge in [-0.25, -0.2) is 14.6 Å². The van der Waals surface area contributed by atoms with Crippen LogP contribution in [0.3, 0.4) is 0 Å². The largest absolute Gasteiger partial charge is 0.497 e. The van der Waals surface area contributed by atoms with Crippen molar-refractivity contribution in [1.82, 2.24) is 4.57 Å². The molecule has 11 nitrogen and oxygen atoms in total. The molecule has 1 aliphatic heterocycles. The van der Waals surface area contributed by atoms with Crippen LogP contribution in [-0.2, 0) is 14.3 Å². The van der Waals surface area contributed by atoms with Crippen LogP contribution in [0.15, 0.2) is 51.4 Å². The first-order valence-electron chi connectivity index (χ1n) is 12.3. The number of hydrogen-bond acceptors (Lipinski definition) is 10. The number of carboxylic acids is 1. The molecule has 1 aliphatic rings. The van der Waals surface area contributed by atoms with Crippen LogP contribution in [0.1, 0.15) is 31.0 Å². The third kappa shape index (κ3) is 6.10. The average molecular weight is 695 g/mol. The van der Waals surface area contributed by atoms with Crippen LogP contribution in [-0.4, -0.2) is 56.2 Å². The van der Waals surface area contributed by atoms with Crippen molar-refractivity contribution in [2.24, 2.45) is 4.99 Å². The van der Waals surface area contributed by atoms with Crippen LogP contribution in [0, 0.1) is 3.57 Å². The number of fused-ring (bicyclic) bond motifs is 1. The smallest absolute Gasteiger partial charge is 0.341 e. The Morgan fingerprint density at radius 1 is 1.12 bits per heavy atom. The number of ether oxygens (including phenoxy) is 5. The van der Waals surface area contributed by atoms with Crippen molar-refractivity contribution in [2.45, 2.75) is 19.9 Å². The van der Waals surface area contributed by atoms with Gasteiger partial charge in [0.05, 0.1) is 47.3 Å². The fourth-order valence-corrected chi connectivity index (χ4v) is 6.22. The second-order valence-corrected chi connectivity index (χ2v) is 10.8. The zero-order chi connectivity index (χ0) is 29.8. The van der Waals surface area contributed by atoms with Gasteiger partial charge in [-0.1, -0.05) is 11.3 Å². The highest BCUT2D eigenvalue weighted by Crippen LogP contribution is 2.38. The van der Waals surface area contributed by atoms with Gasteiger partial charge < -0.3 is 28.8 Å². The molecule has 1 atom stereocenters. The normalized spacial score (nSPS) is 14.7. The molecule has 3 aromatic rings. The molecule has 1 N–H and O–H groups in total. The van der Waals surface area contributed by atoms with Gasteiger partial charge >= 0.3 is 11.9 Å². The number of benzene rings is 2. The number of carbonyl (C=O) groups is 2. The predicted molar refractivity (Wildman–Crippen MR) is 159 cm³/mol. The standard InChI is InChI=1S/C28H27IN2O9S/c1-6-39-27(35)23-14(2)30-28-31(24(23)17-12-16(36-3)7-8-19(17)37-4)26(34)21(41-28)11-15-9-18(29)25(20(10-15)38-5)40-13-22(32)33/h7-12,24H,6,13H2,1-5H3,(H,32,33)/b21-11-/t24-/m0/s1. The van der Waals surface area contributed by atoms with Gasteiger partial charge in [-0.3, -0.25) is 9.36 Å². The van der Waals surface area contributed by atoms with E-state index in [1.165, 1.54) is 25.9 Å². The zero-order valence-electron chi connectivity index (χ0n) is 22.8. The van der Waals surface area contributed by atoms with Gasteiger partial charge in [0.2, 0.25) is 0 Å². The highest BCUT2D eigenvalue weighted by molar-refractivity contribution is 14.1. The van der Waals surface area contributed by atoms with Crippen molar-refractivity contribution < 1.29 is 38.4 Å². The Labute approximate surface area is 252 Å². The number of carboxylic acid groups (broad SMARTS) is 1. The lowest BCUT2D eigenvalue weighted by molar-refractivity contribution is -0.140. The number of aromatic nitrogens is 1. The molecule has 41 heavy (non-hydrogen) atoms. The molecule has 0 saturated heterocycles. The van der Waals surface area contributed by atoms with Gasteiger partial charge in [0.15, 0.2) is 22.9 Å². The van der Waals surface area contributed by atoms with E-state index in [9.17, 15) is 14.4 Å². The summed E-state index contributed by atoms with van der Waals surface area (Å²) in [4.78, 5) is 43.2. The third-order valence-electron chi connectivity index (χ3n) is 6.14. The molecule has 0 radical (unpaired) electrons. The molecule has 0 saturated carbocycles. The van der Waals surface area contributed by atoms with Crippen molar-refractivity contribution in [2.75, 3.05) is 34.5 Å². The number of hydrogen-bond donors (Lipinski definition) is 1. The highest BCUT2D eigenvalue weighted by Gasteiger charge is 2.35. The molecule has 13 heteroatoms. The summed E-state index contributed by atoms with van der Waals surface area (Å²) < 4.78 is 29.6. The van der Waals surface area contributed by atoms with Crippen LogP contribution < -0.4 is 33.8 Å². The Hall–Kier alpha value is -3.85. The van der Waals surface area contributed by atoms with Crippen LogP contribution in [0.25, 0.3) is 6.08 Å². The predicted octanol–water partition coefficient (Wildman–Crippen LogP) is 2.89. The minimum atomic E-state index is -1.12. The summed E-state index contributed by atoms with van der Waals surface area (Å²) in [6, 6.07) is 7.67. The molecule has 0 bridgehead atoms. The van der Waals surface area contributed by atoms with Crippen molar-refractivity contribution in [3.8, 4) is 23.0 Å². The molecule has 0 fully saturated rings. The van der Waals surface area contributed by atoms with E-state index >= 15 is 0 Å². The molecule has 2 heterocycles. The Kier molecular flexibility index (Phi) is 9.38. The summed E-state index contributed by atoms with van der Waals surface area (Å²) >= 11 is 3.18. The monoisotopic (exact) mass is 694 g/mol. The Bertz CT molecular complexity index is 1730.